The summed E-state index contributed by atoms with van der Waals surface area (Å²) < 4.78 is 0. The highest BCUT2D eigenvalue weighted by molar-refractivity contribution is 5.93. The molecule has 0 heterocycles. The summed E-state index contributed by atoms with van der Waals surface area (Å²) in [5.74, 6) is 2.81. The molecule has 158 valence electrons. The van der Waals surface area contributed by atoms with Gasteiger partial charge in [0.25, 0.3) is 11.8 Å². The molecule has 4 bridgehead atoms. The fourth-order valence-corrected chi connectivity index (χ4v) is 6.76. The second kappa shape index (κ2) is 8.10. The predicted molar refractivity (Wildman–Crippen MR) is 113 cm³/mol. The summed E-state index contributed by atoms with van der Waals surface area (Å²) in [7, 11) is 3.69. The van der Waals surface area contributed by atoms with E-state index in [0.29, 0.717) is 17.5 Å². The first-order valence-corrected chi connectivity index (χ1v) is 11.3. The van der Waals surface area contributed by atoms with Gasteiger partial charge in [-0.05, 0) is 80.8 Å². The quantitative estimate of drug-likeness (QED) is 0.656. The van der Waals surface area contributed by atoms with Crippen LogP contribution >= 0.6 is 0 Å². The highest BCUT2D eigenvalue weighted by Crippen LogP contribution is 2.61. The summed E-state index contributed by atoms with van der Waals surface area (Å²) >= 11 is 0. The van der Waals surface area contributed by atoms with Crippen molar-refractivity contribution in [2.24, 2.45) is 23.2 Å². The van der Waals surface area contributed by atoms with Gasteiger partial charge in [-0.25, -0.2) is 0 Å². The maximum Gasteiger partial charge on any atom is 0.275 e. The summed E-state index contributed by atoms with van der Waals surface area (Å²) in [5, 5.41) is 6.01. The first-order chi connectivity index (χ1) is 13.9. The van der Waals surface area contributed by atoms with Crippen molar-refractivity contribution in [2.75, 3.05) is 20.6 Å². The SMILES string of the molecule is CNC(=O)c1ccc(C[NH+](C)CC(=O)N[C@@H](C)C23CC4CC(CC(C4)C2)C3)cc1. The van der Waals surface area contributed by atoms with Crippen molar-refractivity contribution in [1.29, 1.82) is 0 Å². The minimum atomic E-state index is -0.0738. The molecule has 4 aliphatic carbocycles. The number of carbonyl (C=O) groups excluding carboxylic acids is 2. The number of nitrogens with one attached hydrogen (secondary N) is 3. The fourth-order valence-electron chi connectivity index (χ4n) is 6.76. The second-order valence-corrected chi connectivity index (χ2v) is 10.2. The predicted octanol–water partition coefficient (Wildman–Crippen LogP) is 1.78. The smallest absolute Gasteiger partial charge is 0.275 e. The number of rotatable bonds is 7. The zero-order valence-electron chi connectivity index (χ0n) is 18.1. The van der Waals surface area contributed by atoms with E-state index in [2.05, 4.69) is 24.6 Å². The lowest BCUT2D eigenvalue weighted by Crippen LogP contribution is -3.09. The van der Waals surface area contributed by atoms with Crippen molar-refractivity contribution < 1.29 is 14.5 Å². The Kier molecular flexibility index (Phi) is 5.69. The summed E-state index contributed by atoms with van der Waals surface area (Å²) in [6.45, 7) is 3.50. The van der Waals surface area contributed by atoms with Crippen LogP contribution in [0, 0.1) is 23.2 Å². The van der Waals surface area contributed by atoms with Crippen molar-refractivity contribution in [3.05, 3.63) is 35.4 Å². The molecule has 0 radical (unpaired) electrons. The summed E-state index contributed by atoms with van der Waals surface area (Å²) in [6, 6.07) is 7.92. The average molecular weight is 399 g/mol. The first kappa shape index (κ1) is 20.4. The van der Waals surface area contributed by atoms with Gasteiger partial charge in [0.05, 0.1) is 7.05 Å². The summed E-state index contributed by atoms with van der Waals surface area (Å²) in [4.78, 5) is 25.6. The molecule has 2 atom stereocenters. The van der Waals surface area contributed by atoms with Crippen LogP contribution in [0.1, 0.15) is 61.4 Å². The number of hydrogen-bond acceptors (Lipinski definition) is 2. The zero-order valence-corrected chi connectivity index (χ0v) is 18.1. The number of carbonyl (C=O) groups is 2. The van der Waals surface area contributed by atoms with Gasteiger partial charge in [0.1, 0.15) is 6.54 Å². The highest BCUT2D eigenvalue weighted by atomic mass is 16.2. The van der Waals surface area contributed by atoms with Gasteiger partial charge in [0.2, 0.25) is 0 Å². The van der Waals surface area contributed by atoms with Gasteiger partial charge in [0.15, 0.2) is 6.54 Å². The Bertz CT molecular complexity index is 723. The number of amides is 2. The van der Waals surface area contributed by atoms with Gasteiger partial charge in [-0.15, -0.1) is 0 Å². The highest BCUT2D eigenvalue weighted by Gasteiger charge is 2.53. The van der Waals surface area contributed by atoms with Gasteiger partial charge < -0.3 is 15.5 Å². The molecule has 4 saturated carbocycles. The molecule has 1 aromatic carbocycles. The molecular formula is C24H36N3O2+. The van der Waals surface area contributed by atoms with Gasteiger partial charge in [-0.3, -0.25) is 9.59 Å². The van der Waals surface area contributed by atoms with Gasteiger partial charge in [-0.1, -0.05) is 12.1 Å². The maximum absolute atomic E-state index is 12.7. The largest absolute Gasteiger partial charge is 0.355 e. The molecule has 2 amide bonds. The molecule has 5 nitrogen and oxygen atoms in total. The average Bonchev–Trinajstić information content (AvgIpc) is 2.66. The van der Waals surface area contributed by atoms with Crippen LogP contribution in [0.2, 0.25) is 0 Å². The standard InChI is InChI=1S/C24H35N3O2/c1-16(24-11-18-8-19(12-24)10-20(9-18)13-24)26-22(28)15-27(3)14-17-4-6-21(7-5-17)23(29)25-2/h4-7,16,18-20H,8-15H2,1-3H3,(H,25,29)(H,26,28)/p+1/t16-,18?,19?,20?,24?/m0/s1. The Morgan fingerprint density at radius 3 is 2.14 bits per heavy atom. The molecule has 5 heteroatoms. The molecule has 0 aliphatic heterocycles. The lowest BCUT2D eigenvalue weighted by atomic mass is 9.48. The minimum absolute atomic E-state index is 0.0738. The molecule has 0 spiro atoms. The topological polar surface area (TPSA) is 62.6 Å². The van der Waals surface area contributed by atoms with Gasteiger partial charge in [0, 0.05) is 24.2 Å². The van der Waals surface area contributed by atoms with Crippen LogP contribution < -0.4 is 15.5 Å². The monoisotopic (exact) mass is 398 g/mol. The van der Waals surface area contributed by atoms with Crippen molar-refractivity contribution >= 4 is 11.8 Å². The third-order valence-corrected chi connectivity index (χ3v) is 7.79. The van der Waals surface area contributed by atoms with Crippen LogP contribution in [0.25, 0.3) is 0 Å². The summed E-state index contributed by atoms with van der Waals surface area (Å²) in [6.07, 6.45) is 8.27. The fraction of sp³-hybridized carbons (Fsp3) is 0.667. The van der Waals surface area contributed by atoms with E-state index in [1.54, 1.807) is 7.05 Å². The molecule has 1 unspecified atom stereocenters. The minimum Gasteiger partial charge on any atom is -0.355 e. The number of benzene rings is 1. The Hall–Kier alpha value is -1.88. The van der Waals surface area contributed by atoms with Crippen LogP contribution in [0.3, 0.4) is 0 Å². The van der Waals surface area contributed by atoms with E-state index >= 15 is 0 Å². The molecule has 0 aromatic heterocycles. The van der Waals surface area contributed by atoms with Crippen molar-refractivity contribution in [3.63, 3.8) is 0 Å². The van der Waals surface area contributed by atoms with Crippen LogP contribution in [0.5, 0.6) is 0 Å². The van der Waals surface area contributed by atoms with Crippen molar-refractivity contribution in [1.82, 2.24) is 10.6 Å². The van der Waals surface area contributed by atoms with Crippen LogP contribution in [0.4, 0.5) is 0 Å². The van der Waals surface area contributed by atoms with Gasteiger partial charge >= 0.3 is 0 Å². The number of quaternary nitrogens is 1. The third-order valence-electron chi connectivity index (χ3n) is 7.79. The van der Waals surface area contributed by atoms with Crippen LogP contribution in [-0.4, -0.2) is 38.5 Å². The molecule has 0 saturated heterocycles. The van der Waals surface area contributed by atoms with E-state index in [1.807, 2.05) is 24.3 Å². The normalized spacial score (nSPS) is 31.9. The Morgan fingerprint density at radius 2 is 1.62 bits per heavy atom. The maximum atomic E-state index is 12.7. The number of hydrogen-bond donors (Lipinski definition) is 3. The van der Waals surface area contributed by atoms with E-state index in [9.17, 15) is 9.59 Å². The Morgan fingerprint density at radius 1 is 1.07 bits per heavy atom. The zero-order chi connectivity index (χ0) is 20.6. The van der Waals surface area contributed by atoms with Crippen LogP contribution in [-0.2, 0) is 11.3 Å². The lowest BCUT2D eigenvalue weighted by Gasteiger charge is -2.59. The molecule has 1 aromatic rings. The third kappa shape index (κ3) is 4.35. The lowest BCUT2D eigenvalue weighted by molar-refractivity contribution is -0.885. The molecular weight excluding hydrogens is 362 g/mol. The van der Waals surface area contributed by atoms with Crippen LogP contribution in [0.15, 0.2) is 24.3 Å². The van der Waals surface area contributed by atoms with Crippen molar-refractivity contribution in [3.8, 4) is 0 Å². The first-order valence-electron chi connectivity index (χ1n) is 11.3. The number of likely N-dealkylation sites (N-methyl/N-ethyl adjacent to an activating group) is 1. The molecule has 3 N–H and O–H groups in total. The second-order valence-electron chi connectivity index (χ2n) is 10.2. The van der Waals surface area contributed by atoms with E-state index in [4.69, 9.17) is 0 Å². The molecule has 4 fully saturated rings. The Labute approximate surface area is 174 Å². The van der Waals surface area contributed by atoms with E-state index in [-0.39, 0.29) is 17.9 Å². The molecule has 4 aliphatic rings. The summed E-state index contributed by atoms with van der Waals surface area (Å²) in [5.41, 5.74) is 2.15. The molecule has 29 heavy (non-hydrogen) atoms. The van der Waals surface area contributed by atoms with Crippen molar-refractivity contribution in [2.45, 2.75) is 58.0 Å². The molecule has 5 rings (SSSR count). The van der Waals surface area contributed by atoms with E-state index in [1.165, 1.54) is 38.5 Å². The van der Waals surface area contributed by atoms with E-state index < -0.39 is 0 Å². The van der Waals surface area contributed by atoms with E-state index in [0.717, 1.165) is 34.8 Å². The van der Waals surface area contributed by atoms with Gasteiger partial charge in [-0.2, -0.15) is 0 Å². The Balaban J connectivity index is 1.28.